The zero-order valence-corrected chi connectivity index (χ0v) is 16.2. The molecule has 0 spiro atoms. The number of pyridine rings is 1. The number of fused-ring (bicyclic) bond motifs is 1. The van der Waals surface area contributed by atoms with Gasteiger partial charge in [-0.25, -0.2) is 4.39 Å². The van der Waals surface area contributed by atoms with Crippen LogP contribution >= 0.6 is 0 Å². The molecule has 2 N–H and O–H groups in total. The van der Waals surface area contributed by atoms with Crippen LogP contribution in [0, 0.1) is 23.1 Å². The highest BCUT2D eigenvalue weighted by Gasteiger charge is 2.33. The van der Waals surface area contributed by atoms with Gasteiger partial charge in [0.2, 0.25) is 0 Å². The molecule has 1 aromatic heterocycles. The Labute approximate surface area is 172 Å². The first-order valence-electron chi connectivity index (χ1n) is 9.74. The summed E-state index contributed by atoms with van der Waals surface area (Å²) in [7, 11) is 0. The number of allylic oxidation sites excluding steroid dienone is 1. The number of benzene rings is 2. The van der Waals surface area contributed by atoms with Gasteiger partial charge in [0.15, 0.2) is 5.78 Å². The molecule has 0 unspecified atom stereocenters. The first-order chi connectivity index (χ1) is 14.5. The van der Waals surface area contributed by atoms with Gasteiger partial charge >= 0.3 is 0 Å². The van der Waals surface area contributed by atoms with E-state index in [2.05, 4.69) is 16.9 Å². The van der Waals surface area contributed by atoms with Crippen LogP contribution in [-0.4, -0.2) is 16.8 Å². The standard InChI is InChI=1S/C24H20FN3O2/c1-2-22(29)16-11-18(12-16)27-23-19-8-5-15(9-14-3-6-17(25)7-4-14)10-21(19)28-24(30)20(23)13-26/h2-8,10,16,18H,1,9,11-12H2,(H2,27,28,30). The van der Waals surface area contributed by atoms with Gasteiger partial charge < -0.3 is 10.3 Å². The van der Waals surface area contributed by atoms with Crippen molar-refractivity contribution >= 4 is 22.4 Å². The molecule has 150 valence electrons. The maximum Gasteiger partial charge on any atom is 0.268 e. The molecular formula is C24H20FN3O2. The fourth-order valence-corrected chi connectivity index (χ4v) is 3.89. The number of halogens is 1. The van der Waals surface area contributed by atoms with E-state index in [9.17, 15) is 19.2 Å². The second-order valence-electron chi connectivity index (χ2n) is 7.62. The van der Waals surface area contributed by atoms with Crippen molar-refractivity contribution in [2.24, 2.45) is 5.92 Å². The summed E-state index contributed by atoms with van der Waals surface area (Å²) in [5.41, 5.74) is 2.62. The number of rotatable bonds is 6. The minimum atomic E-state index is -0.454. The van der Waals surface area contributed by atoms with Gasteiger partial charge in [0, 0.05) is 17.3 Å². The molecule has 30 heavy (non-hydrogen) atoms. The lowest BCUT2D eigenvalue weighted by Crippen LogP contribution is -2.39. The van der Waals surface area contributed by atoms with Crippen molar-refractivity contribution in [3.63, 3.8) is 0 Å². The van der Waals surface area contributed by atoms with Gasteiger partial charge in [0.05, 0.1) is 11.2 Å². The van der Waals surface area contributed by atoms with Crippen molar-refractivity contribution in [1.29, 1.82) is 5.26 Å². The number of nitrogens with zero attached hydrogens (tertiary/aromatic N) is 1. The molecule has 0 saturated heterocycles. The van der Waals surface area contributed by atoms with Crippen LogP contribution in [0.5, 0.6) is 0 Å². The van der Waals surface area contributed by atoms with Gasteiger partial charge in [-0.2, -0.15) is 5.26 Å². The van der Waals surface area contributed by atoms with Gasteiger partial charge in [0.25, 0.3) is 5.56 Å². The summed E-state index contributed by atoms with van der Waals surface area (Å²) in [5.74, 6) is -0.315. The zero-order chi connectivity index (χ0) is 21.3. The van der Waals surface area contributed by atoms with Crippen LogP contribution in [0.15, 0.2) is 59.9 Å². The number of nitriles is 1. The Hall–Kier alpha value is -3.72. The number of carbonyl (C=O) groups is 1. The molecular weight excluding hydrogens is 381 g/mol. The van der Waals surface area contributed by atoms with Gasteiger partial charge in [0.1, 0.15) is 17.4 Å². The van der Waals surface area contributed by atoms with E-state index in [0.29, 0.717) is 30.5 Å². The van der Waals surface area contributed by atoms with Gasteiger partial charge in [-0.3, -0.25) is 9.59 Å². The second kappa shape index (κ2) is 7.96. The molecule has 1 aliphatic rings. The van der Waals surface area contributed by atoms with Crippen LogP contribution in [0.3, 0.4) is 0 Å². The fraction of sp³-hybridized carbons (Fsp3) is 0.208. The van der Waals surface area contributed by atoms with Crippen molar-refractivity contribution in [3.8, 4) is 6.07 Å². The summed E-state index contributed by atoms with van der Waals surface area (Å²) < 4.78 is 13.1. The highest BCUT2D eigenvalue weighted by Crippen LogP contribution is 2.34. The van der Waals surface area contributed by atoms with E-state index in [0.717, 1.165) is 16.5 Å². The van der Waals surface area contributed by atoms with E-state index in [1.807, 2.05) is 24.3 Å². The Morgan fingerprint density at radius 2 is 1.93 bits per heavy atom. The number of hydrogen-bond acceptors (Lipinski definition) is 4. The van der Waals surface area contributed by atoms with Gasteiger partial charge in [-0.15, -0.1) is 0 Å². The quantitative estimate of drug-likeness (QED) is 0.610. The lowest BCUT2D eigenvalue weighted by molar-refractivity contribution is -0.120. The molecule has 0 amide bonds. The summed E-state index contributed by atoms with van der Waals surface area (Å²) in [6.45, 7) is 3.52. The third kappa shape index (κ3) is 3.74. The molecule has 4 rings (SSSR count). The van der Waals surface area contributed by atoms with Crippen LogP contribution in [0.4, 0.5) is 10.1 Å². The average Bonchev–Trinajstić information content (AvgIpc) is 2.71. The smallest absolute Gasteiger partial charge is 0.268 e. The molecule has 3 aromatic rings. The highest BCUT2D eigenvalue weighted by molar-refractivity contribution is 5.95. The minimum Gasteiger partial charge on any atom is -0.380 e. The number of H-pyrrole nitrogens is 1. The first kappa shape index (κ1) is 19.6. The van der Waals surface area contributed by atoms with Crippen LogP contribution in [0.25, 0.3) is 10.9 Å². The minimum absolute atomic E-state index is 0.0229. The summed E-state index contributed by atoms with van der Waals surface area (Å²) in [6, 6.07) is 14.0. The Balaban J connectivity index is 1.64. The predicted octanol–water partition coefficient (Wildman–Crippen LogP) is 4.08. The molecule has 2 aromatic carbocycles. The van der Waals surface area contributed by atoms with Crippen molar-refractivity contribution < 1.29 is 9.18 Å². The van der Waals surface area contributed by atoms with Crippen molar-refractivity contribution in [2.45, 2.75) is 25.3 Å². The van der Waals surface area contributed by atoms with E-state index in [-0.39, 0.29) is 29.1 Å². The lowest BCUT2D eigenvalue weighted by Gasteiger charge is -2.35. The van der Waals surface area contributed by atoms with E-state index >= 15 is 0 Å². The zero-order valence-electron chi connectivity index (χ0n) is 16.2. The van der Waals surface area contributed by atoms with Gasteiger partial charge in [-0.1, -0.05) is 30.8 Å². The topological polar surface area (TPSA) is 85.8 Å². The van der Waals surface area contributed by atoms with E-state index in [4.69, 9.17) is 0 Å². The normalized spacial score (nSPS) is 17.7. The number of ketones is 1. The first-order valence-corrected chi connectivity index (χ1v) is 9.74. The Morgan fingerprint density at radius 3 is 2.60 bits per heavy atom. The number of aromatic nitrogens is 1. The predicted molar refractivity (Wildman–Crippen MR) is 114 cm³/mol. The van der Waals surface area contributed by atoms with Crippen LogP contribution in [0.1, 0.15) is 29.5 Å². The van der Waals surface area contributed by atoms with Crippen LogP contribution in [-0.2, 0) is 11.2 Å². The SMILES string of the molecule is C=CC(=O)C1CC(Nc2c(C#N)c(=O)[nH]c3cc(Cc4ccc(F)cc4)ccc23)C1. The fourth-order valence-electron chi connectivity index (χ4n) is 3.89. The Kier molecular flexibility index (Phi) is 5.20. The lowest BCUT2D eigenvalue weighted by atomic mass is 9.77. The Morgan fingerprint density at radius 1 is 1.23 bits per heavy atom. The number of nitrogens with one attached hydrogen (secondary N) is 2. The number of anilines is 1. The Bertz CT molecular complexity index is 1230. The molecule has 0 atom stereocenters. The van der Waals surface area contributed by atoms with E-state index in [1.165, 1.54) is 18.2 Å². The summed E-state index contributed by atoms with van der Waals surface area (Å²) in [5, 5.41) is 13.5. The third-order valence-corrected chi connectivity index (χ3v) is 5.60. The number of hydrogen-bond donors (Lipinski definition) is 2. The van der Waals surface area contributed by atoms with Crippen molar-refractivity contribution in [2.75, 3.05) is 5.32 Å². The molecule has 0 bridgehead atoms. The molecule has 0 radical (unpaired) electrons. The maximum absolute atomic E-state index is 13.1. The summed E-state index contributed by atoms with van der Waals surface area (Å²) in [4.78, 5) is 27.0. The second-order valence-corrected chi connectivity index (χ2v) is 7.62. The van der Waals surface area contributed by atoms with E-state index < -0.39 is 5.56 Å². The largest absolute Gasteiger partial charge is 0.380 e. The number of aromatic amines is 1. The highest BCUT2D eigenvalue weighted by atomic mass is 19.1. The summed E-state index contributed by atoms with van der Waals surface area (Å²) >= 11 is 0. The molecule has 1 fully saturated rings. The maximum atomic E-state index is 13.1. The molecule has 5 nitrogen and oxygen atoms in total. The van der Waals surface area contributed by atoms with Crippen LogP contribution < -0.4 is 10.9 Å². The molecule has 6 heteroatoms. The average molecular weight is 401 g/mol. The van der Waals surface area contributed by atoms with Gasteiger partial charge in [-0.05, 0) is 54.7 Å². The molecule has 1 aliphatic carbocycles. The number of carbonyl (C=O) groups excluding carboxylic acids is 1. The molecule has 1 heterocycles. The monoisotopic (exact) mass is 401 g/mol. The van der Waals surface area contributed by atoms with Crippen molar-refractivity contribution in [1.82, 2.24) is 4.98 Å². The summed E-state index contributed by atoms with van der Waals surface area (Å²) in [6.07, 6.45) is 3.22. The molecule has 1 saturated carbocycles. The molecule has 0 aliphatic heterocycles. The third-order valence-electron chi connectivity index (χ3n) is 5.60. The van der Waals surface area contributed by atoms with Crippen molar-refractivity contribution in [3.05, 3.63) is 88.0 Å². The van der Waals surface area contributed by atoms with E-state index in [1.54, 1.807) is 12.1 Å². The van der Waals surface area contributed by atoms with Crippen LogP contribution in [0.2, 0.25) is 0 Å².